The van der Waals surface area contributed by atoms with Crippen LogP contribution in [0.15, 0.2) is 17.2 Å². The van der Waals surface area contributed by atoms with E-state index in [-0.39, 0.29) is 17.2 Å². The Morgan fingerprint density at radius 2 is 2.21 bits per heavy atom. The van der Waals surface area contributed by atoms with E-state index in [0.717, 1.165) is 0 Å². The lowest BCUT2D eigenvalue weighted by atomic mass is 10.4. The Kier molecular flexibility index (Phi) is 5.52. The zero-order valence-corrected chi connectivity index (χ0v) is 12.1. The molecular weight excluding hydrogens is 270 g/mol. The van der Waals surface area contributed by atoms with Gasteiger partial charge in [0.2, 0.25) is 10.0 Å². The fourth-order valence-electron chi connectivity index (χ4n) is 1.42. The van der Waals surface area contributed by atoms with Crippen molar-refractivity contribution in [2.45, 2.75) is 11.8 Å². The molecule has 0 unspecified atom stereocenters. The molecule has 1 heterocycles. The maximum absolute atomic E-state index is 12.2. The van der Waals surface area contributed by atoms with Gasteiger partial charge in [-0.1, -0.05) is 0 Å². The average Bonchev–Trinajstić information content (AvgIpc) is 2.86. The van der Waals surface area contributed by atoms with Crippen LogP contribution in [0.1, 0.15) is 17.4 Å². The van der Waals surface area contributed by atoms with Crippen molar-refractivity contribution in [2.24, 2.45) is 0 Å². The van der Waals surface area contributed by atoms with Gasteiger partial charge in [0.1, 0.15) is 10.6 Å². The molecule has 0 radical (unpaired) electrons. The Morgan fingerprint density at radius 3 is 2.79 bits per heavy atom. The topological polar surface area (TPSA) is 91.5 Å². The predicted molar refractivity (Wildman–Crippen MR) is 70.5 cm³/mol. The molecule has 8 heteroatoms. The molecule has 0 fully saturated rings. The minimum atomic E-state index is -3.58. The third-order valence-electron chi connectivity index (χ3n) is 2.54. The van der Waals surface area contributed by atoms with E-state index in [1.807, 2.05) is 0 Å². The second-order valence-corrected chi connectivity index (χ2v) is 5.94. The third-order valence-corrected chi connectivity index (χ3v) is 4.37. The van der Waals surface area contributed by atoms with Crippen LogP contribution in [0.3, 0.4) is 0 Å². The quantitative estimate of drug-likeness (QED) is 0.691. The predicted octanol–water partition coefficient (Wildman–Crippen LogP) is 0.0313. The van der Waals surface area contributed by atoms with Crippen LogP contribution in [0.5, 0.6) is 0 Å². The van der Waals surface area contributed by atoms with E-state index >= 15 is 0 Å². The van der Waals surface area contributed by atoms with Gasteiger partial charge < -0.3 is 15.0 Å². The summed E-state index contributed by atoms with van der Waals surface area (Å²) < 4.78 is 30.3. The van der Waals surface area contributed by atoms with Crippen LogP contribution in [-0.4, -0.2) is 57.5 Å². The van der Waals surface area contributed by atoms with Gasteiger partial charge in [0.15, 0.2) is 0 Å². The highest BCUT2D eigenvalue weighted by atomic mass is 32.2. The number of sulfonamides is 1. The van der Waals surface area contributed by atoms with Crippen molar-refractivity contribution < 1.29 is 17.9 Å². The van der Waals surface area contributed by atoms with E-state index in [2.05, 4.69) is 10.3 Å². The molecule has 1 rings (SSSR count). The number of hydrogen-bond acceptors (Lipinski definition) is 5. The number of H-pyrrole nitrogens is 1. The molecule has 0 atom stereocenters. The first-order valence-corrected chi connectivity index (χ1v) is 7.34. The molecule has 1 aromatic heterocycles. The Balaban J connectivity index is 2.88. The number of nitrogens with one attached hydrogen (secondary N) is 2. The van der Waals surface area contributed by atoms with E-state index in [1.165, 1.54) is 23.6 Å². The SMILES string of the molecule is CCOC(=O)c1cc(S(=O)(=O)N(C)CCNC)c[nH]1. The molecule has 0 spiro atoms. The summed E-state index contributed by atoms with van der Waals surface area (Å²) >= 11 is 0. The minimum Gasteiger partial charge on any atom is -0.461 e. The Morgan fingerprint density at radius 1 is 1.53 bits per heavy atom. The maximum atomic E-state index is 12.2. The maximum Gasteiger partial charge on any atom is 0.354 e. The summed E-state index contributed by atoms with van der Waals surface area (Å²) in [5.41, 5.74) is 0.127. The summed E-state index contributed by atoms with van der Waals surface area (Å²) in [6.45, 7) is 2.82. The Hall–Kier alpha value is -1.38. The van der Waals surface area contributed by atoms with Gasteiger partial charge in [-0.05, 0) is 20.0 Å². The van der Waals surface area contributed by atoms with E-state index in [0.29, 0.717) is 13.1 Å². The number of rotatable bonds is 7. The first kappa shape index (κ1) is 15.7. The molecule has 19 heavy (non-hydrogen) atoms. The van der Waals surface area contributed by atoms with Gasteiger partial charge in [0.25, 0.3) is 0 Å². The van der Waals surface area contributed by atoms with Crippen LogP contribution >= 0.6 is 0 Å². The number of likely N-dealkylation sites (N-methyl/N-ethyl adjacent to an activating group) is 2. The fourth-order valence-corrected chi connectivity index (χ4v) is 2.59. The molecule has 0 saturated heterocycles. The highest BCUT2D eigenvalue weighted by Crippen LogP contribution is 2.15. The molecule has 0 aliphatic heterocycles. The molecule has 7 nitrogen and oxygen atoms in total. The van der Waals surface area contributed by atoms with E-state index < -0.39 is 16.0 Å². The number of nitrogens with zero attached hydrogens (tertiary/aromatic N) is 1. The number of ether oxygens (including phenoxy) is 1. The highest BCUT2D eigenvalue weighted by Gasteiger charge is 2.23. The van der Waals surface area contributed by atoms with Crippen molar-refractivity contribution in [3.8, 4) is 0 Å². The smallest absolute Gasteiger partial charge is 0.354 e. The van der Waals surface area contributed by atoms with Gasteiger partial charge in [-0.25, -0.2) is 13.2 Å². The number of carbonyl (C=O) groups excluding carboxylic acids is 1. The van der Waals surface area contributed by atoms with Crippen LogP contribution in [0.2, 0.25) is 0 Å². The molecule has 2 N–H and O–H groups in total. The van der Waals surface area contributed by atoms with Gasteiger partial charge in [0, 0.05) is 26.3 Å². The average molecular weight is 289 g/mol. The summed E-state index contributed by atoms with van der Waals surface area (Å²) in [7, 11) is -0.349. The summed E-state index contributed by atoms with van der Waals surface area (Å²) in [5, 5.41) is 2.87. The lowest BCUT2D eigenvalue weighted by Crippen LogP contribution is -2.32. The lowest BCUT2D eigenvalue weighted by molar-refractivity contribution is 0.0520. The van der Waals surface area contributed by atoms with Crippen molar-refractivity contribution in [1.82, 2.24) is 14.6 Å². The van der Waals surface area contributed by atoms with E-state index in [9.17, 15) is 13.2 Å². The lowest BCUT2D eigenvalue weighted by Gasteiger charge is -2.15. The van der Waals surface area contributed by atoms with Crippen molar-refractivity contribution >= 4 is 16.0 Å². The number of carbonyl (C=O) groups is 1. The molecule has 0 aliphatic carbocycles. The van der Waals surface area contributed by atoms with Crippen LogP contribution < -0.4 is 5.32 Å². The van der Waals surface area contributed by atoms with Gasteiger partial charge in [-0.15, -0.1) is 0 Å². The van der Waals surface area contributed by atoms with E-state index in [4.69, 9.17) is 4.74 Å². The third kappa shape index (κ3) is 3.79. The Bertz CT molecular complexity index is 524. The zero-order chi connectivity index (χ0) is 14.5. The Labute approximate surface area is 113 Å². The van der Waals surface area contributed by atoms with Gasteiger partial charge >= 0.3 is 5.97 Å². The van der Waals surface area contributed by atoms with Crippen LogP contribution in [0, 0.1) is 0 Å². The van der Waals surface area contributed by atoms with Crippen molar-refractivity contribution in [3.05, 3.63) is 18.0 Å². The monoisotopic (exact) mass is 289 g/mol. The van der Waals surface area contributed by atoms with Crippen LogP contribution in [0.4, 0.5) is 0 Å². The first-order valence-electron chi connectivity index (χ1n) is 5.90. The second-order valence-electron chi connectivity index (χ2n) is 3.90. The van der Waals surface area contributed by atoms with Crippen molar-refractivity contribution in [2.75, 3.05) is 33.8 Å². The normalized spacial score (nSPS) is 11.8. The van der Waals surface area contributed by atoms with Gasteiger partial charge in [-0.3, -0.25) is 0 Å². The van der Waals surface area contributed by atoms with Crippen LogP contribution in [0.25, 0.3) is 0 Å². The first-order chi connectivity index (χ1) is 8.93. The zero-order valence-electron chi connectivity index (χ0n) is 11.3. The number of aromatic amines is 1. The summed E-state index contributed by atoms with van der Waals surface area (Å²) in [4.78, 5) is 14.1. The number of hydrogen-bond donors (Lipinski definition) is 2. The molecule has 0 bridgehead atoms. The van der Waals surface area contributed by atoms with E-state index in [1.54, 1.807) is 14.0 Å². The largest absolute Gasteiger partial charge is 0.461 e. The summed E-state index contributed by atoms with van der Waals surface area (Å²) in [5.74, 6) is -0.568. The summed E-state index contributed by atoms with van der Waals surface area (Å²) in [6, 6.07) is 1.28. The fraction of sp³-hybridized carbons (Fsp3) is 0.545. The number of esters is 1. The van der Waals surface area contributed by atoms with Crippen molar-refractivity contribution in [3.63, 3.8) is 0 Å². The second kappa shape index (κ2) is 6.69. The molecular formula is C11H19N3O4S. The molecule has 0 saturated carbocycles. The standard InChI is InChI=1S/C11H19N3O4S/c1-4-18-11(15)10-7-9(8-13-10)19(16,17)14(3)6-5-12-2/h7-8,12-13H,4-6H2,1-3H3. The number of aromatic nitrogens is 1. The van der Waals surface area contributed by atoms with Crippen molar-refractivity contribution in [1.29, 1.82) is 0 Å². The molecule has 0 aromatic carbocycles. The summed E-state index contributed by atoms with van der Waals surface area (Å²) in [6.07, 6.45) is 1.29. The molecule has 1 aromatic rings. The molecule has 108 valence electrons. The van der Waals surface area contributed by atoms with Gasteiger partial charge in [0.05, 0.1) is 6.61 Å². The minimum absolute atomic E-state index is 0.0501. The highest BCUT2D eigenvalue weighted by molar-refractivity contribution is 7.89. The molecule has 0 aliphatic rings. The molecule has 0 amide bonds. The van der Waals surface area contributed by atoms with Crippen LogP contribution in [-0.2, 0) is 14.8 Å². The van der Waals surface area contributed by atoms with Gasteiger partial charge in [-0.2, -0.15) is 4.31 Å².